The molecule has 0 aromatic carbocycles. The number of nitrogens with one attached hydrogen (secondary N) is 1. The van der Waals surface area contributed by atoms with Gasteiger partial charge in [-0.2, -0.15) is 0 Å². The van der Waals surface area contributed by atoms with Crippen LogP contribution in [0.2, 0.25) is 0 Å². The molecule has 2 aliphatic rings. The molecule has 9 N–H and O–H groups in total. The number of rotatable bonds is 43. The second kappa shape index (κ2) is 41.7. The molecule has 14 nitrogen and oxygen atoms in total. The first-order valence-corrected chi connectivity index (χ1v) is 27.7. The normalized spacial score (nSPS) is 26.4. The lowest BCUT2D eigenvalue weighted by Crippen LogP contribution is -2.65. The maximum Gasteiger partial charge on any atom is 0.220 e. The SMILES string of the molecule is CCCCC/C=C\C/C=C\C/C=C\CCCCCCCCC(=O)NC(COC1OC(CO)C(OC2OC(CO)C(O)C(O)C2O)C(O)C1O)C(O)CCCCCCCCCCCCCCCCCC. The smallest absolute Gasteiger partial charge is 0.220 e. The van der Waals surface area contributed by atoms with E-state index in [1.807, 2.05) is 0 Å². The van der Waals surface area contributed by atoms with Crippen LogP contribution in [0.3, 0.4) is 0 Å². The van der Waals surface area contributed by atoms with Gasteiger partial charge in [0.1, 0.15) is 48.8 Å². The van der Waals surface area contributed by atoms with Crippen molar-refractivity contribution in [3.05, 3.63) is 36.5 Å². The fourth-order valence-corrected chi connectivity index (χ4v) is 9.07. The molecule has 0 bridgehead atoms. The van der Waals surface area contributed by atoms with Crippen molar-refractivity contribution in [1.29, 1.82) is 0 Å². The number of amides is 1. The molecule has 1 amide bonds. The topological polar surface area (TPSA) is 228 Å². The van der Waals surface area contributed by atoms with E-state index in [1.165, 1.54) is 103 Å². The van der Waals surface area contributed by atoms with Crippen molar-refractivity contribution in [3.63, 3.8) is 0 Å². The van der Waals surface area contributed by atoms with E-state index in [9.17, 15) is 45.6 Å². The molecule has 2 heterocycles. The highest BCUT2D eigenvalue weighted by atomic mass is 16.7. The minimum absolute atomic E-state index is 0.219. The number of carbonyl (C=O) groups is 1. The third-order valence-corrected chi connectivity index (χ3v) is 13.6. The first-order valence-electron chi connectivity index (χ1n) is 27.7. The minimum Gasteiger partial charge on any atom is -0.394 e. The van der Waals surface area contributed by atoms with Crippen LogP contribution in [-0.2, 0) is 23.7 Å². The van der Waals surface area contributed by atoms with Crippen LogP contribution in [0, 0.1) is 0 Å². The molecular weight excluding hydrogens is 883 g/mol. The van der Waals surface area contributed by atoms with Crippen LogP contribution >= 0.6 is 0 Å². The quantitative estimate of drug-likeness (QED) is 0.0207. The monoisotopic (exact) mass is 984 g/mol. The molecule has 0 radical (unpaired) electrons. The van der Waals surface area contributed by atoms with Crippen LogP contribution < -0.4 is 5.32 Å². The van der Waals surface area contributed by atoms with Crippen LogP contribution in [0.25, 0.3) is 0 Å². The predicted octanol–water partition coefficient (Wildman–Crippen LogP) is 8.27. The summed E-state index contributed by atoms with van der Waals surface area (Å²) in [5.41, 5.74) is 0. The zero-order valence-corrected chi connectivity index (χ0v) is 43.1. The lowest BCUT2D eigenvalue weighted by Gasteiger charge is -2.46. The van der Waals surface area contributed by atoms with Gasteiger partial charge in [-0.05, 0) is 51.4 Å². The molecule has 2 fully saturated rings. The van der Waals surface area contributed by atoms with E-state index < -0.39 is 86.8 Å². The van der Waals surface area contributed by atoms with E-state index in [0.29, 0.717) is 12.8 Å². The summed E-state index contributed by atoms with van der Waals surface area (Å²) < 4.78 is 22.8. The molecule has 0 spiro atoms. The Morgan fingerprint density at radius 1 is 0.522 bits per heavy atom. The van der Waals surface area contributed by atoms with E-state index in [-0.39, 0.29) is 18.9 Å². The number of aliphatic hydroxyl groups excluding tert-OH is 8. The zero-order chi connectivity index (χ0) is 50.3. The summed E-state index contributed by atoms with van der Waals surface area (Å²) in [5, 5.41) is 87.1. The van der Waals surface area contributed by atoms with E-state index >= 15 is 0 Å². The first kappa shape index (κ1) is 63.3. The highest BCUT2D eigenvalue weighted by molar-refractivity contribution is 5.76. The summed E-state index contributed by atoms with van der Waals surface area (Å²) >= 11 is 0. The molecule has 404 valence electrons. The summed E-state index contributed by atoms with van der Waals surface area (Å²) in [5.74, 6) is -0.219. The Morgan fingerprint density at radius 3 is 1.49 bits per heavy atom. The number of unbranched alkanes of at least 4 members (excludes halogenated alkanes) is 24. The van der Waals surface area contributed by atoms with Crippen molar-refractivity contribution in [3.8, 4) is 0 Å². The van der Waals surface area contributed by atoms with Crippen molar-refractivity contribution in [2.75, 3.05) is 19.8 Å². The molecule has 12 unspecified atom stereocenters. The van der Waals surface area contributed by atoms with E-state index in [2.05, 4.69) is 55.6 Å². The largest absolute Gasteiger partial charge is 0.394 e. The van der Waals surface area contributed by atoms with Gasteiger partial charge in [0.25, 0.3) is 0 Å². The Labute approximate surface area is 417 Å². The third-order valence-electron chi connectivity index (χ3n) is 13.6. The van der Waals surface area contributed by atoms with Crippen LogP contribution in [0.1, 0.15) is 213 Å². The maximum atomic E-state index is 13.2. The van der Waals surface area contributed by atoms with Gasteiger partial charge >= 0.3 is 0 Å². The summed E-state index contributed by atoms with van der Waals surface area (Å²) in [6, 6.07) is -0.835. The highest BCUT2D eigenvalue weighted by Gasteiger charge is 2.51. The van der Waals surface area contributed by atoms with Gasteiger partial charge in [0.05, 0.1) is 32.0 Å². The zero-order valence-electron chi connectivity index (χ0n) is 43.1. The second-order valence-corrected chi connectivity index (χ2v) is 19.7. The summed E-state index contributed by atoms with van der Waals surface area (Å²) in [4.78, 5) is 13.2. The van der Waals surface area contributed by atoms with Gasteiger partial charge in [-0.25, -0.2) is 0 Å². The average molecular weight is 984 g/mol. The number of ether oxygens (including phenoxy) is 4. The second-order valence-electron chi connectivity index (χ2n) is 19.7. The molecule has 0 aromatic rings. The highest BCUT2D eigenvalue weighted by Crippen LogP contribution is 2.30. The van der Waals surface area contributed by atoms with Crippen molar-refractivity contribution >= 4 is 5.91 Å². The molecular formula is C55H101NO13. The van der Waals surface area contributed by atoms with E-state index in [4.69, 9.17) is 18.9 Å². The third kappa shape index (κ3) is 28.3. The van der Waals surface area contributed by atoms with Gasteiger partial charge in [-0.3, -0.25) is 4.79 Å². The molecule has 14 heteroatoms. The van der Waals surface area contributed by atoms with Gasteiger partial charge in [-0.15, -0.1) is 0 Å². The number of aliphatic hydroxyl groups is 8. The van der Waals surface area contributed by atoms with Crippen molar-refractivity contribution in [1.82, 2.24) is 5.32 Å². The first-order chi connectivity index (χ1) is 33.6. The Bertz CT molecular complexity index is 1300. The molecule has 0 aromatic heterocycles. The maximum absolute atomic E-state index is 13.2. The number of carbonyl (C=O) groups excluding carboxylic acids is 1. The molecule has 2 aliphatic heterocycles. The number of hydrogen-bond acceptors (Lipinski definition) is 13. The van der Waals surface area contributed by atoms with Gasteiger partial charge in [0, 0.05) is 6.42 Å². The summed E-state index contributed by atoms with van der Waals surface area (Å²) in [7, 11) is 0. The Balaban J connectivity index is 1.80. The van der Waals surface area contributed by atoms with Crippen LogP contribution in [0.5, 0.6) is 0 Å². The molecule has 2 rings (SSSR count). The predicted molar refractivity (Wildman–Crippen MR) is 272 cm³/mol. The van der Waals surface area contributed by atoms with Gasteiger partial charge < -0.3 is 65.1 Å². The molecule has 2 saturated heterocycles. The van der Waals surface area contributed by atoms with E-state index in [1.54, 1.807) is 0 Å². The lowest BCUT2D eigenvalue weighted by atomic mass is 9.97. The number of hydrogen-bond donors (Lipinski definition) is 9. The fraction of sp³-hybridized carbons (Fsp3) is 0.873. The standard InChI is InChI=1S/C55H101NO13/c1-3-5-7-9-11-13-15-17-19-21-22-23-25-27-29-31-33-35-37-39-47(60)56-43(44(59)38-36-34-32-30-28-26-24-20-18-16-14-12-10-8-6-4-2)42-66-54-52(65)50(63)53(46(41-58)68-54)69-55-51(64)49(62)48(61)45(40-57)67-55/h11,13,17,19,22-23,43-46,48-55,57-59,61-65H,3-10,12,14-16,18,20-21,24-42H2,1-2H3,(H,56,60)/b13-11-,19-17-,23-22-. The molecule has 12 atom stereocenters. The summed E-state index contributed by atoms with van der Waals surface area (Å²) in [6.07, 6.45) is 31.3. The Morgan fingerprint density at radius 2 is 0.957 bits per heavy atom. The van der Waals surface area contributed by atoms with Crippen LogP contribution in [0.4, 0.5) is 0 Å². The van der Waals surface area contributed by atoms with Crippen molar-refractivity contribution in [2.45, 2.75) is 286 Å². The molecule has 69 heavy (non-hydrogen) atoms. The van der Waals surface area contributed by atoms with Crippen molar-refractivity contribution < 1.29 is 64.6 Å². The lowest BCUT2D eigenvalue weighted by molar-refractivity contribution is -0.359. The van der Waals surface area contributed by atoms with Gasteiger partial charge in [0.15, 0.2) is 12.6 Å². The molecule has 0 aliphatic carbocycles. The van der Waals surface area contributed by atoms with Gasteiger partial charge in [0.2, 0.25) is 5.91 Å². The van der Waals surface area contributed by atoms with Crippen molar-refractivity contribution in [2.24, 2.45) is 0 Å². The Kier molecular flexibility index (Phi) is 38.2. The van der Waals surface area contributed by atoms with Gasteiger partial charge in [-0.1, -0.05) is 192 Å². The van der Waals surface area contributed by atoms with Crippen LogP contribution in [-0.4, -0.2) is 140 Å². The summed E-state index contributed by atoms with van der Waals surface area (Å²) in [6.45, 7) is 2.82. The molecule has 0 saturated carbocycles. The minimum atomic E-state index is -1.78. The van der Waals surface area contributed by atoms with E-state index in [0.717, 1.165) is 77.0 Å². The average Bonchev–Trinajstić information content (AvgIpc) is 3.35. The fourth-order valence-electron chi connectivity index (χ4n) is 9.07. The van der Waals surface area contributed by atoms with Crippen LogP contribution in [0.15, 0.2) is 36.5 Å². The number of allylic oxidation sites excluding steroid dienone is 6. The Hall–Kier alpha value is -1.79.